The molecule has 0 bridgehead atoms. The van der Waals surface area contributed by atoms with E-state index in [9.17, 15) is 21.6 Å². The molecule has 180 valence electrons. The number of sulfonamides is 2. The van der Waals surface area contributed by atoms with Gasteiger partial charge in [0.05, 0.1) is 21.0 Å². The van der Waals surface area contributed by atoms with E-state index in [1.807, 2.05) is 20.8 Å². The van der Waals surface area contributed by atoms with Gasteiger partial charge in [-0.3, -0.25) is 9.52 Å². The van der Waals surface area contributed by atoms with Gasteiger partial charge in [-0.1, -0.05) is 50.6 Å². The van der Waals surface area contributed by atoms with Crippen LogP contribution in [0.2, 0.25) is 5.02 Å². The van der Waals surface area contributed by atoms with E-state index in [1.165, 1.54) is 54.6 Å². The van der Waals surface area contributed by atoms with Crippen molar-refractivity contribution in [2.24, 2.45) is 5.14 Å². The Morgan fingerprint density at radius 1 is 0.882 bits per heavy atom. The van der Waals surface area contributed by atoms with Gasteiger partial charge >= 0.3 is 0 Å². The summed E-state index contributed by atoms with van der Waals surface area (Å²) < 4.78 is 51.5. The quantitative estimate of drug-likeness (QED) is 0.443. The number of carbonyl (C=O) groups excluding carboxylic acids is 1. The van der Waals surface area contributed by atoms with Gasteiger partial charge in [0.1, 0.15) is 0 Å². The molecule has 11 heteroatoms. The third-order valence-corrected chi connectivity index (χ3v) is 7.45. The third kappa shape index (κ3) is 6.15. The van der Waals surface area contributed by atoms with Gasteiger partial charge in [-0.25, -0.2) is 22.0 Å². The van der Waals surface area contributed by atoms with Crippen LogP contribution in [0, 0.1) is 0 Å². The molecule has 0 aliphatic rings. The summed E-state index contributed by atoms with van der Waals surface area (Å²) in [6.07, 6.45) is 0. The first kappa shape index (κ1) is 25.7. The Labute approximate surface area is 204 Å². The molecule has 0 heterocycles. The van der Waals surface area contributed by atoms with Gasteiger partial charge in [0, 0.05) is 10.7 Å². The number of halogens is 1. The molecule has 0 aromatic heterocycles. The highest BCUT2D eigenvalue weighted by Gasteiger charge is 2.21. The standard InChI is InChI=1S/C23H24ClN3O5S2/c1-23(2,3)15-7-10-18(11-8-15)34(31,32)27-21-12-9-16(24)13-20(21)22(28)26-17-5-4-6-19(14-17)33(25,29)30/h4-14,27H,1-3H3,(H,26,28)(H2,25,29,30). The summed E-state index contributed by atoms with van der Waals surface area (Å²) in [5.74, 6) is -0.699. The smallest absolute Gasteiger partial charge is 0.261 e. The molecule has 0 fully saturated rings. The molecular formula is C23H24ClN3O5S2. The fourth-order valence-corrected chi connectivity index (χ4v) is 4.89. The van der Waals surface area contributed by atoms with E-state index >= 15 is 0 Å². The summed E-state index contributed by atoms with van der Waals surface area (Å²) in [6, 6.07) is 16.0. The van der Waals surface area contributed by atoms with Crippen molar-refractivity contribution in [3.63, 3.8) is 0 Å². The number of nitrogens with two attached hydrogens (primary N) is 1. The van der Waals surface area contributed by atoms with Gasteiger partial charge in [-0.15, -0.1) is 0 Å². The van der Waals surface area contributed by atoms with Crippen molar-refractivity contribution >= 4 is 48.9 Å². The first-order valence-electron chi connectivity index (χ1n) is 10.0. The SMILES string of the molecule is CC(C)(C)c1ccc(S(=O)(=O)Nc2ccc(Cl)cc2C(=O)Nc2cccc(S(N)(=O)=O)c2)cc1. The molecule has 3 aromatic carbocycles. The molecule has 0 aliphatic carbocycles. The molecular weight excluding hydrogens is 498 g/mol. The minimum atomic E-state index is -4.01. The first-order chi connectivity index (χ1) is 15.7. The summed E-state index contributed by atoms with van der Waals surface area (Å²) in [5.41, 5.74) is 0.938. The zero-order valence-corrected chi connectivity index (χ0v) is 21.1. The molecule has 0 saturated carbocycles. The van der Waals surface area contributed by atoms with Gasteiger partial charge in [-0.05, 0) is 59.5 Å². The molecule has 8 nitrogen and oxygen atoms in total. The molecule has 3 rings (SSSR count). The van der Waals surface area contributed by atoms with Crippen LogP contribution >= 0.6 is 11.6 Å². The van der Waals surface area contributed by atoms with E-state index in [0.29, 0.717) is 0 Å². The van der Waals surface area contributed by atoms with Gasteiger partial charge in [0.2, 0.25) is 10.0 Å². The Morgan fingerprint density at radius 3 is 2.12 bits per heavy atom. The van der Waals surface area contributed by atoms with Crippen LogP contribution in [-0.2, 0) is 25.5 Å². The number of anilines is 2. The van der Waals surface area contributed by atoms with Gasteiger partial charge < -0.3 is 5.32 Å². The average molecular weight is 522 g/mol. The summed E-state index contributed by atoms with van der Waals surface area (Å²) in [6.45, 7) is 6.06. The maximum atomic E-state index is 13.0. The Morgan fingerprint density at radius 2 is 1.53 bits per heavy atom. The maximum Gasteiger partial charge on any atom is 0.261 e. The van der Waals surface area contributed by atoms with Crippen molar-refractivity contribution in [3.8, 4) is 0 Å². The molecule has 0 aliphatic heterocycles. The zero-order valence-electron chi connectivity index (χ0n) is 18.7. The molecule has 4 N–H and O–H groups in total. The lowest BCUT2D eigenvalue weighted by Gasteiger charge is -2.19. The number of hydrogen-bond acceptors (Lipinski definition) is 5. The Balaban J connectivity index is 1.91. The van der Waals surface area contributed by atoms with E-state index in [2.05, 4.69) is 10.0 Å². The third-order valence-electron chi connectivity index (χ3n) is 4.92. The summed E-state index contributed by atoms with van der Waals surface area (Å²) >= 11 is 6.04. The average Bonchev–Trinajstić information content (AvgIpc) is 2.74. The fourth-order valence-electron chi connectivity index (χ4n) is 3.08. The van der Waals surface area contributed by atoms with Gasteiger partial charge in [0.15, 0.2) is 0 Å². The predicted molar refractivity (Wildman–Crippen MR) is 133 cm³/mol. The van der Waals surface area contributed by atoms with Crippen LogP contribution in [0.5, 0.6) is 0 Å². The Kier molecular flexibility index (Phi) is 7.09. The van der Waals surface area contributed by atoms with E-state index in [0.717, 1.165) is 5.56 Å². The second-order valence-electron chi connectivity index (χ2n) is 8.60. The molecule has 0 radical (unpaired) electrons. The fraction of sp³-hybridized carbons (Fsp3) is 0.174. The first-order valence-corrected chi connectivity index (χ1v) is 13.4. The topological polar surface area (TPSA) is 135 Å². The van der Waals surface area contributed by atoms with Crippen LogP contribution in [-0.4, -0.2) is 22.7 Å². The van der Waals surface area contributed by atoms with Crippen molar-refractivity contribution in [1.82, 2.24) is 0 Å². The highest BCUT2D eigenvalue weighted by atomic mass is 35.5. The molecule has 0 atom stereocenters. The summed E-state index contributed by atoms with van der Waals surface area (Å²) in [5, 5.41) is 7.88. The molecule has 34 heavy (non-hydrogen) atoms. The van der Waals surface area contributed by atoms with Crippen molar-refractivity contribution in [1.29, 1.82) is 0 Å². The number of hydrogen-bond donors (Lipinski definition) is 3. The van der Waals surface area contributed by atoms with Crippen LogP contribution in [0.4, 0.5) is 11.4 Å². The van der Waals surface area contributed by atoms with Crippen LogP contribution in [0.25, 0.3) is 0 Å². The number of nitrogens with one attached hydrogen (secondary N) is 2. The lowest BCUT2D eigenvalue weighted by atomic mass is 9.87. The van der Waals surface area contributed by atoms with Gasteiger partial charge in [-0.2, -0.15) is 0 Å². The van der Waals surface area contributed by atoms with Crippen LogP contribution in [0.3, 0.4) is 0 Å². The molecule has 0 unspecified atom stereocenters. The normalized spacial score (nSPS) is 12.3. The van der Waals surface area contributed by atoms with E-state index in [1.54, 1.807) is 12.1 Å². The maximum absolute atomic E-state index is 13.0. The molecule has 0 spiro atoms. The van der Waals surface area contributed by atoms with Gasteiger partial charge in [0.25, 0.3) is 15.9 Å². The number of carbonyl (C=O) groups is 1. The van der Waals surface area contributed by atoms with Crippen LogP contribution < -0.4 is 15.2 Å². The van der Waals surface area contributed by atoms with Crippen molar-refractivity contribution < 1.29 is 21.6 Å². The van der Waals surface area contributed by atoms with E-state index < -0.39 is 26.0 Å². The van der Waals surface area contributed by atoms with Crippen LogP contribution in [0.1, 0.15) is 36.7 Å². The molecule has 3 aromatic rings. The molecule has 0 saturated heterocycles. The highest BCUT2D eigenvalue weighted by Crippen LogP contribution is 2.27. The number of primary sulfonamides is 1. The molecule has 1 amide bonds. The van der Waals surface area contributed by atoms with E-state index in [-0.39, 0.29) is 37.2 Å². The predicted octanol–water partition coefficient (Wildman–Crippen LogP) is 4.34. The van der Waals surface area contributed by atoms with E-state index in [4.69, 9.17) is 16.7 Å². The minimum absolute atomic E-state index is 0.00407. The largest absolute Gasteiger partial charge is 0.322 e. The van der Waals surface area contributed by atoms with Crippen molar-refractivity contribution in [3.05, 3.63) is 82.9 Å². The Hall–Kier alpha value is -2.92. The number of rotatable bonds is 6. The second-order valence-corrected chi connectivity index (χ2v) is 12.3. The lowest BCUT2D eigenvalue weighted by molar-refractivity contribution is 0.102. The summed E-state index contributed by atoms with van der Waals surface area (Å²) in [4.78, 5) is 12.8. The van der Waals surface area contributed by atoms with Crippen molar-refractivity contribution in [2.75, 3.05) is 10.0 Å². The number of amides is 1. The summed E-state index contributed by atoms with van der Waals surface area (Å²) in [7, 11) is -7.98. The van der Waals surface area contributed by atoms with Crippen molar-refractivity contribution in [2.45, 2.75) is 36.0 Å². The Bertz CT molecular complexity index is 1450. The van der Waals surface area contributed by atoms with Crippen LogP contribution in [0.15, 0.2) is 76.5 Å². The monoisotopic (exact) mass is 521 g/mol. The zero-order chi connectivity index (χ0) is 25.3. The lowest BCUT2D eigenvalue weighted by Crippen LogP contribution is -2.19. The minimum Gasteiger partial charge on any atom is -0.322 e. The second kappa shape index (κ2) is 9.38. The number of benzene rings is 3. The highest BCUT2D eigenvalue weighted by molar-refractivity contribution is 7.92.